The number of thioether (sulfide) groups is 1. The van der Waals surface area contributed by atoms with Gasteiger partial charge in [0.25, 0.3) is 11.1 Å². The summed E-state index contributed by atoms with van der Waals surface area (Å²) in [6.07, 6.45) is 6.84. The van der Waals surface area contributed by atoms with Crippen LogP contribution in [0.5, 0.6) is 5.75 Å². The van der Waals surface area contributed by atoms with Gasteiger partial charge in [-0.15, -0.1) is 6.42 Å². The molecule has 4 nitrogen and oxygen atoms in total. The van der Waals surface area contributed by atoms with Crippen LogP contribution in [0.15, 0.2) is 64.0 Å². The number of hydrogen-bond acceptors (Lipinski definition) is 4. The predicted molar refractivity (Wildman–Crippen MR) is 129 cm³/mol. The number of fused-ring (bicyclic) bond motifs is 1. The van der Waals surface area contributed by atoms with Gasteiger partial charge in [0.15, 0.2) is 5.75 Å². The number of ether oxygens (including phenoxy) is 1. The minimum absolute atomic E-state index is 0.0482. The molecule has 0 atom stereocenters. The van der Waals surface area contributed by atoms with E-state index in [1.54, 1.807) is 18.2 Å². The van der Waals surface area contributed by atoms with Crippen LogP contribution in [-0.2, 0) is 11.4 Å². The molecule has 2 amide bonds. The van der Waals surface area contributed by atoms with Gasteiger partial charge in [0, 0.05) is 0 Å². The van der Waals surface area contributed by atoms with Crippen LogP contribution in [0.3, 0.4) is 0 Å². The summed E-state index contributed by atoms with van der Waals surface area (Å²) in [4.78, 5) is 25.7. The van der Waals surface area contributed by atoms with E-state index in [1.165, 1.54) is 0 Å². The number of carbonyl (C=O) groups excluding carboxylic acids is 2. The number of nitrogens with zero attached hydrogens (tertiary/aromatic N) is 1. The van der Waals surface area contributed by atoms with Gasteiger partial charge in [-0.25, -0.2) is 0 Å². The summed E-state index contributed by atoms with van der Waals surface area (Å²) >= 11 is 10.8. The van der Waals surface area contributed by atoms with Crippen LogP contribution in [0.1, 0.15) is 11.1 Å². The van der Waals surface area contributed by atoms with Crippen molar-refractivity contribution in [2.45, 2.75) is 6.61 Å². The molecule has 0 radical (unpaired) electrons. The molecular formula is C24H15BrClNO3S. The molecule has 0 N–H and O–H groups in total. The van der Waals surface area contributed by atoms with Gasteiger partial charge in [0.2, 0.25) is 0 Å². The zero-order valence-electron chi connectivity index (χ0n) is 16.1. The molecule has 4 rings (SSSR count). The van der Waals surface area contributed by atoms with E-state index in [4.69, 9.17) is 22.8 Å². The number of hydrogen-bond donors (Lipinski definition) is 0. The topological polar surface area (TPSA) is 46.6 Å². The van der Waals surface area contributed by atoms with Gasteiger partial charge in [0.05, 0.1) is 20.9 Å². The van der Waals surface area contributed by atoms with Crippen LogP contribution in [0.2, 0.25) is 5.02 Å². The van der Waals surface area contributed by atoms with Gasteiger partial charge >= 0.3 is 0 Å². The number of halogens is 2. The second-order valence-corrected chi connectivity index (χ2v) is 8.97. The number of terminal acetylenes is 1. The van der Waals surface area contributed by atoms with Crippen molar-refractivity contribution in [2.24, 2.45) is 0 Å². The second kappa shape index (κ2) is 9.19. The summed E-state index contributed by atoms with van der Waals surface area (Å²) in [5.74, 6) is 2.42. The Balaban J connectivity index is 1.56. The Morgan fingerprint density at radius 1 is 1.16 bits per heavy atom. The van der Waals surface area contributed by atoms with Crippen LogP contribution >= 0.6 is 39.3 Å². The van der Waals surface area contributed by atoms with E-state index >= 15 is 0 Å². The van der Waals surface area contributed by atoms with E-state index in [1.807, 2.05) is 24.3 Å². The number of imide groups is 1. The molecule has 1 aliphatic heterocycles. The van der Waals surface area contributed by atoms with E-state index in [0.29, 0.717) is 32.3 Å². The number of carbonyl (C=O) groups is 2. The fraction of sp³-hybridized carbons (Fsp3) is 0.0833. The van der Waals surface area contributed by atoms with Crippen molar-refractivity contribution in [3.05, 3.63) is 80.1 Å². The highest BCUT2D eigenvalue weighted by molar-refractivity contribution is 9.10. The van der Waals surface area contributed by atoms with Crippen LogP contribution < -0.4 is 4.74 Å². The lowest BCUT2D eigenvalue weighted by atomic mass is 10.1. The minimum Gasteiger partial charge on any atom is -0.486 e. The minimum atomic E-state index is -0.406. The van der Waals surface area contributed by atoms with Crippen LogP contribution in [0.25, 0.3) is 16.8 Å². The van der Waals surface area contributed by atoms with Crippen molar-refractivity contribution in [2.75, 3.05) is 6.54 Å². The molecule has 0 saturated carbocycles. The highest BCUT2D eigenvalue weighted by Gasteiger charge is 2.34. The zero-order chi connectivity index (χ0) is 22.0. The van der Waals surface area contributed by atoms with Crippen molar-refractivity contribution in [1.29, 1.82) is 0 Å². The molecule has 7 heteroatoms. The van der Waals surface area contributed by atoms with Gasteiger partial charge in [-0.2, -0.15) is 0 Å². The largest absolute Gasteiger partial charge is 0.486 e. The third-order valence-electron chi connectivity index (χ3n) is 4.69. The molecule has 0 spiro atoms. The maximum atomic E-state index is 12.4. The van der Waals surface area contributed by atoms with Gasteiger partial charge in [-0.05, 0) is 67.8 Å². The maximum Gasteiger partial charge on any atom is 0.294 e. The predicted octanol–water partition coefficient (Wildman–Crippen LogP) is 6.50. The van der Waals surface area contributed by atoms with E-state index in [9.17, 15) is 9.59 Å². The Bertz CT molecular complexity index is 1250. The molecule has 1 aliphatic rings. The first-order chi connectivity index (χ1) is 15.0. The Morgan fingerprint density at radius 3 is 2.71 bits per heavy atom. The molecule has 0 bridgehead atoms. The summed E-state index contributed by atoms with van der Waals surface area (Å²) in [5.41, 5.74) is 1.72. The molecule has 31 heavy (non-hydrogen) atoms. The van der Waals surface area contributed by atoms with Crippen molar-refractivity contribution in [1.82, 2.24) is 4.90 Å². The number of benzene rings is 3. The number of amides is 2. The lowest BCUT2D eigenvalue weighted by molar-refractivity contribution is -0.122. The van der Waals surface area contributed by atoms with E-state index in [0.717, 1.165) is 33.0 Å². The van der Waals surface area contributed by atoms with Crippen LogP contribution in [0, 0.1) is 12.3 Å². The standard InChI is InChI=1S/C24H15BrClNO3S/c1-2-10-27-23(28)21(31-24(27)29)13-15-11-19(25)22(20(26)12-15)30-14-17-8-5-7-16-6-3-4-9-18(16)17/h1,3-9,11-13H,10,14H2/b21-13+. The highest BCUT2D eigenvalue weighted by Crippen LogP contribution is 2.38. The third-order valence-corrected chi connectivity index (χ3v) is 6.47. The van der Waals surface area contributed by atoms with Gasteiger partial charge in [-0.3, -0.25) is 14.5 Å². The molecule has 154 valence electrons. The normalized spacial score (nSPS) is 15.0. The average molecular weight is 513 g/mol. The Labute approximate surface area is 197 Å². The summed E-state index contributed by atoms with van der Waals surface area (Å²) in [6, 6.07) is 17.7. The van der Waals surface area contributed by atoms with E-state index in [2.05, 4.69) is 40.0 Å². The van der Waals surface area contributed by atoms with Crippen molar-refractivity contribution < 1.29 is 14.3 Å². The smallest absolute Gasteiger partial charge is 0.294 e. The summed E-state index contributed by atoms with van der Waals surface area (Å²) in [5, 5.41) is 2.28. The average Bonchev–Trinajstić information content (AvgIpc) is 3.01. The molecular weight excluding hydrogens is 498 g/mol. The molecule has 1 fully saturated rings. The van der Waals surface area contributed by atoms with Crippen molar-refractivity contribution in [3.8, 4) is 18.1 Å². The Kier molecular flexibility index (Phi) is 6.38. The van der Waals surface area contributed by atoms with Crippen LogP contribution in [-0.4, -0.2) is 22.6 Å². The third kappa shape index (κ3) is 4.49. The van der Waals surface area contributed by atoms with E-state index in [-0.39, 0.29) is 11.8 Å². The summed E-state index contributed by atoms with van der Waals surface area (Å²) in [7, 11) is 0. The van der Waals surface area contributed by atoms with Gasteiger partial charge < -0.3 is 4.74 Å². The molecule has 0 aromatic heterocycles. The fourth-order valence-electron chi connectivity index (χ4n) is 3.25. The lowest BCUT2D eigenvalue weighted by Gasteiger charge is -2.13. The van der Waals surface area contributed by atoms with Gasteiger partial charge in [-0.1, -0.05) is 60.0 Å². The first-order valence-electron chi connectivity index (χ1n) is 9.25. The van der Waals surface area contributed by atoms with Crippen molar-refractivity contribution in [3.63, 3.8) is 0 Å². The Morgan fingerprint density at radius 2 is 1.94 bits per heavy atom. The fourth-order valence-corrected chi connectivity index (χ4v) is 5.08. The second-order valence-electron chi connectivity index (χ2n) is 6.71. The van der Waals surface area contributed by atoms with Crippen molar-refractivity contribution >= 4 is 67.3 Å². The molecule has 3 aromatic carbocycles. The molecule has 0 aliphatic carbocycles. The molecule has 3 aromatic rings. The molecule has 1 heterocycles. The van der Waals surface area contributed by atoms with Crippen LogP contribution in [0.4, 0.5) is 4.79 Å². The lowest BCUT2D eigenvalue weighted by Crippen LogP contribution is -2.28. The highest BCUT2D eigenvalue weighted by atomic mass is 79.9. The Hall–Kier alpha value is -2.72. The summed E-state index contributed by atoms with van der Waals surface area (Å²) < 4.78 is 6.67. The first kappa shape index (κ1) is 21.5. The first-order valence-corrected chi connectivity index (χ1v) is 11.2. The quantitative estimate of drug-likeness (QED) is 0.289. The molecule has 1 saturated heterocycles. The monoisotopic (exact) mass is 511 g/mol. The van der Waals surface area contributed by atoms with E-state index < -0.39 is 5.91 Å². The zero-order valence-corrected chi connectivity index (χ0v) is 19.3. The SMILES string of the molecule is C#CCN1C(=O)S/C(=C/c2cc(Cl)c(OCc3cccc4ccccc34)c(Br)c2)C1=O. The summed E-state index contributed by atoms with van der Waals surface area (Å²) in [6.45, 7) is 0.303. The maximum absolute atomic E-state index is 12.4. The molecule has 0 unspecified atom stereocenters. The number of rotatable bonds is 5. The van der Waals surface area contributed by atoms with Gasteiger partial charge in [0.1, 0.15) is 6.61 Å².